The van der Waals surface area contributed by atoms with Crippen LogP contribution in [0, 0.1) is 0 Å². The molecule has 0 aliphatic carbocycles. The smallest absolute Gasteiger partial charge is 0.306 e. The zero-order chi connectivity index (χ0) is 50.0. The lowest BCUT2D eigenvalue weighted by molar-refractivity contribution is -0.167. The van der Waals surface area contributed by atoms with Crippen molar-refractivity contribution in [3.63, 3.8) is 0 Å². The maximum absolute atomic E-state index is 12.8. The summed E-state index contributed by atoms with van der Waals surface area (Å²) >= 11 is 0. The van der Waals surface area contributed by atoms with E-state index in [9.17, 15) is 14.4 Å². The average Bonchev–Trinajstić information content (AvgIpc) is 3.35. The molecule has 0 aromatic carbocycles. The highest BCUT2D eigenvalue weighted by molar-refractivity contribution is 5.71. The molecular formula is C63H114O6. The van der Waals surface area contributed by atoms with Crippen LogP contribution in [0.15, 0.2) is 48.6 Å². The first-order valence-electron chi connectivity index (χ1n) is 30.1. The summed E-state index contributed by atoms with van der Waals surface area (Å²) in [5.74, 6) is -0.870. The fourth-order valence-corrected chi connectivity index (χ4v) is 8.74. The Balaban J connectivity index is 4.13. The van der Waals surface area contributed by atoms with Crippen molar-refractivity contribution in [1.29, 1.82) is 0 Å². The number of unbranched alkanes of at least 4 members (excludes halogenated alkanes) is 36. The lowest BCUT2D eigenvalue weighted by atomic mass is 10.0. The van der Waals surface area contributed by atoms with Crippen LogP contribution in [-0.2, 0) is 28.6 Å². The highest BCUT2D eigenvalue weighted by Gasteiger charge is 2.19. The maximum Gasteiger partial charge on any atom is 0.306 e. The molecule has 402 valence electrons. The van der Waals surface area contributed by atoms with Gasteiger partial charge in [0.2, 0.25) is 0 Å². The number of allylic oxidation sites excluding steroid dienone is 8. The molecule has 0 aliphatic heterocycles. The highest BCUT2D eigenvalue weighted by atomic mass is 16.6. The number of ether oxygens (including phenoxy) is 3. The molecule has 0 radical (unpaired) electrons. The molecule has 69 heavy (non-hydrogen) atoms. The van der Waals surface area contributed by atoms with E-state index in [1.54, 1.807) is 0 Å². The second kappa shape index (κ2) is 57.9. The predicted octanol–water partition coefficient (Wildman–Crippen LogP) is 20.2. The first kappa shape index (κ1) is 66.4. The molecule has 1 unspecified atom stereocenters. The van der Waals surface area contributed by atoms with Gasteiger partial charge >= 0.3 is 17.9 Å². The first-order valence-corrected chi connectivity index (χ1v) is 30.1. The van der Waals surface area contributed by atoms with Gasteiger partial charge in [-0.15, -0.1) is 0 Å². The molecule has 0 heterocycles. The number of carbonyl (C=O) groups is 3. The molecule has 0 aromatic heterocycles. The van der Waals surface area contributed by atoms with Crippen LogP contribution in [0.4, 0.5) is 0 Å². The molecule has 0 rings (SSSR count). The minimum atomic E-state index is -0.772. The number of rotatable bonds is 55. The molecule has 0 saturated heterocycles. The second-order valence-electron chi connectivity index (χ2n) is 20.3. The van der Waals surface area contributed by atoms with Gasteiger partial charge in [0.25, 0.3) is 0 Å². The Morgan fingerprint density at radius 1 is 0.290 bits per heavy atom. The third kappa shape index (κ3) is 56.2. The SMILES string of the molecule is CCCCC/C=C\C/C=C\CCCCCCCCCCCC(=O)OC(COC(=O)CCCCCCCCC)COC(=O)CCCCCCCCCCCCCCC/C=C\C/C=C\CCCCCCC. The quantitative estimate of drug-likeness (QED) is 0.0262. The number of esters is 3. The molecule has 0 aromatic rings. The van der Waals surface area contributed by atoms with Crippen LogP contribution in [-0.4, -0.2) is 37.2 Å². The molecule has 6 heteroatoms. The Bertz CT molecular complexity index is 1200. The van der Waals surface area contributed by atoms with Gasteiger partial charge in [-0.05, 0) is 83.5 Å². The Hall–Kier alpha value is -2.63. The van der Waals surface area contributed by atoms with Crippen LogP contribution < -0.4 is 0 Å². The van der Waals surface area contributed by atoms with E-state index >= 15 is 0 Å². The van der Waals surface area contributed by atoms with Crippen molar-refractivity contribution >= 4 is 17.9 Å². The molecule has 0 aliphatic rings. The highest BCUT2D eigenvalue weighted by Crippen LogP contribution is 2.16. The van der Waals surface area contributed by atoms with Crippen LogP contribution >= 0.6 is 0 Å². The molecule has 0 fully saturated rings. The van der Waals surface area contributed by atoms with E-state index in [0.29, 0.717) is 19.3 Å². The monoisotopic (exact) mass is 967 g/mol. The van der Waals surface area contributed by atoms with Gasteiger partial charge in [0.05, 0.1) is 0 Å². The van der Waals surface area contributed by atoms with Crippen molar-refractivity contribution in [2.75, 3.05) is 13.2 Å². The molecule has 6 nitrogen and oxygen atoms in total. The van der Waals surface area contributed by atoms with Crippen molar-refractivity contribution in [3.05, 3.63) is 48.6 Å². The average molecular weight is 968 g/mol. The van der Waals surface area contributed by atoms with Gasteiger partial charge in [-0.3, -0.25) is 14.4 Å². The Labute approximate surface area is 428 Å². The van der Waals surface area contributed by atoms with E-state index < -0.39 is 6.10 Å². The van der Waals surface area contributed by atoms with Crippen LogP contribution in [0.1, 0.15) is 316 Å². The molecular weight excluding hydrogens is 853 g/mol. The van der Waals surface area contributed by atoms with E-state index in [2.05, 4.69) is 69.4 Å². The fourth-order valence-electron chi connectivity index (χ4n) is 8.74. The summed E-state index contributed by atoms with van der Waals surface area (Å²) in [5.41, 5.74) is 0. The largest absolute Gasteiger partial charge is 0.462 e. The maximum atomic E-state index is 12.8. The third-order valence-corrected chi connectivity index (χ3v) is 13.3. The van der Waals surface area contributed by atoms with Gasteiger partial charge in [0, 0.05) is 19.3 Å². The van der Waals surface area contributed by atoms with Crippen molar-refractivity contribution in [1.82, 2.24) is 0 Å². The normalized spacial score (nSPS) is 12.3. The molecule has 0 amide bonds. The fraction of sp³-hybridized carbons (Fsp3) is 0.825. The molecule has 0 spiro atoms. The predicted molar refractivity (Wildman–Crippen MR) is 298 cm³/mol. The van der Waals surface area contributed by atoms with E-state index in [-0.39, 0.29) is 31.1 Å². The minimum absolute atomic E-state index is 0.0725. The Morgan fingerprint density at radius 3 is 0.826 bits per heavy atom. The van der Waals surface area contributed by atoms with Gasteiger partial charge < -0.3 is 14.2 Å². The number of hydrogen-bond acceptors (Lipinski definition) is 6. The zero-order valence-corrected chi connectivity index (χ0v) is 46.1. The molecule has 0 N–H and O–H groups in total. The van der Waals surface area contributed by atoms with Crippen LogP contribution in [0.3, 0.4) is 0 Å². The lowest BCUT2D eigenvalue weighted by Gasteiger charge is -2.18. The zero-order valence-electron chi connectivity index (χ0n) is 46.1. The minimum Gasteiger partial charge on any atom is -0.462 e. The number of hydrogen-bond donors (Lipinski definition) is 0. The second-order valence-corrected chi connectivity index (χ2v) is 20.3. The summed E-state index contributed by atoms with van der Waals surface area (Å²) in [5, 5.41) is 0. The van der Waals surface area contributed by atoms with Crippen LogP contribution in [0.25, 0.3) is 0 Å². The van der Waals surface area contributed by atoms with Crippen molar-refractivity contribution in [2.45, 2.75) is 322 Å². The van der Waals surface area contributed by atoms with Crippen molar-refractivity contribution in [3.8, 4) is 0 Å². The molecule has 0 saturated carbocycles. The van der Waals surface area contributed by atoms with Gasteiger partial charge in [0.15, 0.2) is 6.10 Å². The summed E-state index contributed by atoms with van der Waals surface area (Å²) in [6, 6.07) is 0. The third-order valence-electron chi connectivity index (χ3n) is 13.3. The Kier molecular flexibility index (Phi) is 55.7. The summed E-state index contributed by atoms with van der Waals surface area (Å²) in [6.07, 6.45) is 71.3. The van der Waals surface area contributed by atoms with Gasteiger partial charge in [-0.25, -0.2) is 0 Å². The molecule has 1 atom stereocenters. The summed E-state index contributed by atoms with van der Waals surface area (Å²) in [4.78, 5) is 38.0. The lowest BCUT2D eigenvalue weighted by Crippen LogP contribution is -2.30. The first-order chi connectivity index (χ1) is 34.0. The van der Waals surface area contributed by atoms with Crippen molar-refractivity contribution in [2.24, 2.45) is 0 Å². The van der Waals surface area contributed by atoms with Crippen LogP contribution in [0.5, 0.6) is 0 Å². The topological polar surface area (TPSA) is 78.9 Å². The van der Waals surface area contributed by atoms with Crippen LogP contribution in [0.2, 0.25) is 0 Å². The standard InChI is InChI=1S/C63H114O6/c1-4-7-10-13-16-18-20-22-24-26-28-29-30-31-32-33-35-36-38-40-42-44-47-50-53-56-62(65)68-59-60(58-67-61(64)55-52-49-46-15-12-9-6-3)69-63(66)57-54-51-48-45-43-41-39-37-34-27-25-23-21-19-17-14-11-8-5-2/h17,19-20,22-23,25-26,28,60H,4-16,18,21,24,27,29-59H2,1-3H3/b19-17-,22-20-,25-23-,28-26-. The van der Waals surface area contributed by atoms with E-state index in [1.807, 2.05) is 0 Å². The van der Waals surface area contributed by atoms with Gasteiger partial charge in [-0.1, -0.05) is 262 Å². The van der Waals surface area contributed by atoms with Crippen molar-refractivity contribution < 1.29 is 28.6 Å². The Morgan fingerprint density at radius 2 is 0.522 bits per heavy atom. The summed E-state index contributed by atoms with van der Waals surface area (Å²) in [6.45, 7) is 6.59. The van der Waals surface area contributed by atoms with E-state index in [1.165, 1.54) is 205 Å². The summed E-state index contributed by atoms with van der Waals surface area (Å²) < 4.78 is 16.8. The molecule has 0 bridgehead atoms. The number of carbonyl (C=O) groups excluding carboxylic acids is 3. The van der Waals surface area contributed by atoms with Gasteiger partial charge in [0.1, 0.15) is 13.2 Å². The van der Waals surface area contributed by atoms with E-state index in [4.69, 9.17) is 14.2 Å². The van der Waals surface area contributed by atoms with E-state index in [0.717, 1.165) is 70.6 Å². The summed E-state index contributed by atoms with van der Waals surface area (Å²) in [7, 11) is 0. The van der Waals surface area contributed by atoms with Gasteiger partial charge in [-0.2, -0.15) is 0 Å².